The first-order valence-corrected chi connectivity index (χ1v) is 28.8. The highest BCUT2D eigenvalue weighted by Gasteiger charge is 2.43. The lowest BCUT2D eigenvalue weighted by Gasteiger charge is -2.37. The Bertz CT molecular complexity index is 2510. The minimum Gasteiger partial charge on any atom is -0.343 e. The van der Waals surface area contributed by atoms with Crippen LogP contribution >= 0.6 is 0 Å². The Morgan fingerprint density at radius 3 is 1.42 bits per heavy atom. The van der Waals surface area contributed by atoms with Crippen molar-refractivity contribution in [3.63, 3.8) is 0 Å². The summed E-state index contributed by atoms with van der Waals surface area (Å²) in [5, 5.41) is 11.2. The number of hydrogen-bond acceptors (Lipinski definition) is 8. The molecule has 2 aliphatic heterocycles. The maximum Gasteiger partial charge on any atom is 0.253 e. The van der Waals surface area contributed by atoms with E-state index in [4.69, 9.17) is 0 Å². The fraction of sp³-hybridized carbons (Fsp3) is 0.556. The molecule has 4 aliphatic rings. The maximum atomic E-state index is 14.9. The first-order valence-electron chi connectivity index (χ1n) is 28.8. The molecule has 8 rings (SSSR count). The molecule has 3 N–H and O–H groups in total. The zero-order valence-electron chi connectivity index (χ0n) is 46.2. The van der Waals surface area contributed by atoms with E-state index in [0.717, 1.165) is 86.0 Å². The second kappa shape index (κ2) is 29.0. The quantitative estimate of drug-likeness (QED) is 0.0702. The van der Waals surface area contributed by atoms with Crippen molar-refractivity contribution in [3.05, 3.63) is 119 Å². The molecule has 4 aromatic carbocycles. The third-order valence-electron chi connectivity index (χ3n) is 17.0. The van der Waals surface area contributed by atoms with E-state index in [-0.39, 0.29) is 72.0 Å². The largest absolute Gasteiger partial charge is 0.343 e. The molecule has 0 bridgehead atoms. The van der Waals surface area contributed by atoms with Crippen LogP contribution in [0.5, 0.6) is 0 Å². The highest BCUT2D eigenvalue weighted by molar-refractivity contribution is 6.02. The van der Waals surface area contributed by atoms with Crippen LogP contribution in [0.25, 0.3) is 10.8 Å². The molecule has 0 radical (unpaired) electrons. The highest BCUT2D eigenvalue weighted by atomic mass is 16.2. The van der Waals surface area contributed by atoms with Gasteiger partial charge in [-0.3, -0.25) is 24.0 Å². The molecule has 13 nitrogen and oxygen atoms in total. The first-order chi connectivity index (χ1) is 36.9. The zero-order chi connectivity index (χ0) is 54.0. The molecule has 4 aromatic rings. The lowest BCUT2D eigenvalue weighted by Crippen LogP contribution is -2.57. The number of benzene rings is 4. The Morgan fingerprint density at radius 1 is 0.592 bits per heavy atom. The Hall–Kier alpha value is -5.92. The second-order valence-corrected chi connectivity index (χ2v) is 22.2. The van der Waals surface area contributed by atoms with Crippen LogP contribution < -0.4 is 16.0 Å². The molecular weight excluding hydrogens is 951 g/mol. The summed E-state index contributed by atoms with van der Waals surface area (Å²) >= 11 is 0. The van der Waals surface area contributed by atoms with Crippen molar-refractivity contribution in [1.29, 1.82) is 0 Å². The van der Waals surface area contributed by atoms with Gasteiger partial charge in [0.1, 0.15) is 12.3 Å². The van der Waals surface area contributed by atoms with Gasteiger partial charge in [-0.05, 0) is 135 Å². The number of amides is 5. The average molecular weight is 1040 g/mol. The van der Waals surface area contributed by atoms with E-state index >= 15 is 0 Å². The van der Waals surface area contributed by atoms with E-state index in [1.54, 1.807) is 7.05 Å². The van der Waals surface area contributed by atoms with Gasteiger partial charge in [-0.25, -0.2) is 0 Å². The molecule has 5 amide bonds. The molecule has 2 aliphatic carbocycles. The van der Waals surface area contributed by atoms with Gasteiger partial charge in [0.2, 0.25) is 17.7 Å². The summed E-state index contributed by atoms with van der Waals surface area (Å²) in [4.78, 5) is 88.9. The van der Waals surface area contributed by atoms with Crippen molar-refractivity contribution in [3.8, 4) is 0 Å². The smallest absolute Gasteiger partial charge is 0.253 e. The Labute approximate surface area is 453 Å². The molecule has 2 heterocycles. The maximum absolute atomic E-state index is 14.9. The van der Waals surface area contributed by atoms with Crippen molar-refractivity contribution < 1.29 is 28.8 Å². The molecule has 0 aromatic heterocycles. The minimum atomic E-state index is -0.590. The molecule has 2 saturated heterocycles. The van der Waals surface area contributed by atoms with Gasteiger partial charge in [-0.15, -0.1) is 0 Å². The number of carbonyl (C=O) groups is 6. The Kier molecular flexibility index (Phi) is 22.0. The van der Waals surface area contributed by atoms with Crippen LogP contribution in [0.3, 0.4) is 0 Å². The van der Waals surface area contributed by atoms with Gasteiger partial charge < -0.3 is 40.3 Å². The van der Waals surface area contributed by atoms with Crippen LogP contribution in [0.2, 0.25) is 0 Å². The monoisotopic (exact) mass is 1040 g/mol. The SMILES string of the molecule is CCC=O.CNCC(=O)NC(C(=O)N1CC[C@H](C)C1CN(CCc1ccccc1)C(=O)c1ccc2cc(C(=O)N(CCc3ccccc3)CC3[C@@H](C)CCN3C(=O)C(NC)C3CCCCC3)ccc2c1)C1CCCCC1. The van der Waals surface area contributed by atoms with Crippen LogP contribution in [-0.4, -0.2) is 139 Å². The summed E-state index contributed by atoms with van der Waals surface area (Å²) < 4.78 is 0. The third kappa shape index (κ3) is 15.2. The van der Waals surface area contributed by atoms with Crippen LogP contribution in [0.1, 0.15) is 136 Å². The average Bonchev–Trinajstić information content (AvgIpc) is 4.02. The van der Waals surface area contributed by atoms with Crippen molar-refractivity contribution in [2.45, 2.75) is 141 Å². The summed E-state index contributed by atoms with van der Waals surface area (Å²) in [6.45, 7) is 9.47. The van der Waals surface area contributed by atoms with Gasteiger partial charge in [0.15, 0.2) is 0 Å². The summed E-state index contributed by atoms with van der Waals surface area (Å²) in [5.41, 5.74) is 3.41. The van der Waals surface area contributed by atoms with E-state index < -0.39 is 6.04 Å². The van der Waals surface area contributed by atoms with Gasteiger partial charge in [0, 0.05) is 56.8 Å². The fourth-order valence-corrected chi connectivity index (χ4v) is 12.4. The van der Waals surface area contributed by atoms with E-state index in [1.165, 1.54) is 19.3 Å². The van der Waals surface area contributed by atoms with E-state index in [0.29, 0.717) is 75.6 Å². The number of rotatable bonds is 21. The summed E-state index contributed by atoms with van der Waals surface area (Å²) in [7, 11) is 3.65. The van der Waals surface area contributed by atoms with E-state index in [9.17, 15) is 28.8 Å². The van der Waals surface area contributed by atoms with Crippen LogP contribution in [0.15, 0.2) is 97.1 Å². The molecular formula is C63H87N7O6. The number of aldehydes is 1. The van der Waals surface area contributed by atoms with E-state index in [1.807, 2.05) is 101 Å². The minimum absolute atomic E-state index is 0.0356. The predicted molar refractivity (Wildman–Crippen MR) is 303 cm³/mol. The van der Waals surface area contributed by atoms with Crippen molar-refractivity contribution in [1.82, 2.24) is 35.6 Å². The van der Waals surface area contributed by atoms with E-state index in [2.05, 4.69) is 59.0 Å². The number of likely N-dealkylation sites (tertiary alicyclic amines) is 2. The standard InChI is InChI=1S/C60H81N7O5.C3H6O/c1-42-29-35-66(59(71)55(62-4)46-21-13-7-14-22-46)52(42)40-64(33-31-44-17-9-5-10-18-44)57(69)50-27-25-49-38-51(28-26-48(49)37-50)58(70)65(34-32-45-19-11-6-12-20-45)41-53-43(2)30-36-67(53)60(72)56(63-54(68)39-61-3)47-23-15-8-16-24-47;1-2-3-4/h5-6,9-12,17-20,25-28,37-38,42-43,46-47,52-53,55-56,61-62H,7-8,13-16,21-24,29-36,39-41H2,1-4H3,(H,63,68);3H,2H2,1H3/t42-,43-,52?,53?,55?,56?;/m0./s1. The molecule has 410 valence electrons. The van der Waals surface area contributed by atoms with Gasteiger partial charge in [0.05, 0.1) is 24.7 Å². The lowest BCUT2D eigenvalue weighted by atomic mass is 9.83. The first kappa shape index (κ1) is 57.8. The second-order valence-electron chi connectivity index (χ2n) is 22.2. The van der Waals surface area contributed by atoms with Crippen molar-refractivity contribution in [2.75, 3.05) is 59.9 Å². The molecule has 76 heavy (non-hydrogen) atoms. The molecule has 6 atom stereocenters. The highest BCUT2D eigenvalue weighted by Crippen LogP contribution is 2.34. The van der Waals surface area contributed by atoms with Crippen molar-refractivity contribution >= 4 is 46.6 Å². The van der Waals surface area contributed by atoms with Crippen LogP contribution in [-0.2, 0) is 32.0 Å². The number of hydrogen-bond donors (Lipinski definition) is 3. The van der Waals surface area contributed by atoms with Gasteiger partial charge in [-0.2, -0.15) is 0 Å². The Balaban J connectivity index is 0.00000203. The summed E-state index contributed by atoms with van der Waals surface area (Å²) in [6, 6.07) is 30.9. The molecule has 4 unspecified atom stereocenters. The van der Waals surface area contributed by atoms with Crippen LogP contribution in [0.4, 0.5) is 0 Å². The number of carbonyl (C=O) groups excluding carboxylic acids is 6. The fourth-order valence-electron chi connectivity index (χ4n) is 12.4. The number of fused-ring (bicyclic) bond motifs is 1. The molecule has 4 fully saturated rings. The van der Waals surface area contributed by atoms with Gasteiger partial charge in [-0.1, -0.05) is 132 Å². The topological polar surface area (TPSA) is 151 Å². The van der Waals surface area contributed by atoms with Gasteiger partial charge >= 0.3 is 0 Å². The number of nitrogens with zero attached hydrogens (tertiary/aromatic N) is 4. The number of nitrogens with one attached hydrogen (secondary N) is 3. The lowest BCUT2D eigenvalue weighted by molar-refractivity contribution is -0.139. The molecule has 13 heteroatoms. The summed E-state index contributed by atoms with van der Waals surface area (Å²) in [5.74, 6) is 0.613. The van der Waals surface area contributed by atoms with Crippen molar-refractivity contribution in [2.24, 2.45) is 23.7 Å². The molecule has 2 saturated carbocycles. The number of likely N-dealkylation sites (N-methyl/N-ethyl adjacent to an activating group) is 2. The Morgan fingerprint density at radius 2 is 1.01 bits per heavy atom. The summed E-state index contributed by atoms with van der Waals surface area (Å²) in [6.07, 6.45) is 15.4. The predicted octanol–water partition coefficient (Wildman–Crippen LogP) is 8.73. The molecule has 0 spiro atoms. The third-order valence-corrected chi connectivity index (χ3v) is 17.0. The van der Waals surface area contributed by atoms with Crippen LogP contribution in [0, 0.1) is 23.7 Å². The zero-order valence-corrected chi connectivity index (χ0v) is 46.2. The van der Waals surface area contributed by atoms with Gasteiger partial charge in [0.25, 0.3) is 11.8 Å². The normalized spacial score (nSPS) is 20.8.